The summed E-state index contributed by atoms with van der Waals surface area (Å²) in [5, 5.41) is 7.85. The van der Waals surface area contributed by atoms with Crippen molar-refractivity contribution in [2.45, 2.75) is 70.4 Å². The molecular formula is C23H33FN4O. The Labute approximate surface area is 173 Å². The summed E-state index contributed by atoms with van der Waals surface area (Å²) in [6.07, 6.45) is 7.84. The second-order valence-electron chi connectivity index (χ2n) is 8.67. The molecule has 0 unspecified atom stereocenters. The zero-order chi connectivity index (χ0) is 20.1. The van der Waals surface area contributed by atoms with Crippen molar-refractivity contribution in [3.05, 3.63) is 47.4 Å². The highest BCUT2D eigenvalue weighted by molar-refractivity contribution is 5.17. The number of nitrogens with one attached hydrogen (secondary N) is 1. The largest absolute Gasteiger partial charge is 0.339 e. The molecule has 2 heterocycles. The second kappa shape index (κ2) is 9.81. The van der Waals surface area contributed by atoms with E-state index in [9.17, 15) is 4.39 Å². The number of aromatic nitrogens is 2. The molecule has 158 valence electrons. The average Bonchev–Trinajstić information content (AvgIpc) is 3.25. The molecule has 1 saturated carbocycles. The van der Waals surface area contributed by atoms with Crippen LogP contribution in [0.5, 0.6) is 0 Å². The fraction of sp³-hybridized carbons (Fsp3) is 0.652. The third-order valence-corrected chi connectivity index (χ3v) is 6.63. The van der Waals surface area contributed by atoms with E-state index in [1.807, 2.05) is 12.1 Å². The molecule has 1 N–H and O–H groups in total. The lowest BCUT2D eigenvalue weighted by Crippen LogP contribution is -2.40. The third-order valence-electron chi connectivity index (χ3n) is 6.63. The SMILES string of the molecule is CCc1noc(C2CCC(NCC3CCN(Cc4ccccc4F)CC3)CC2)n1. The van der Waals surface area contributed by atoms with E-state index in [2.05, 4.69) is 27.3 Å². The van der Waals surface area contributed by atoms with Crippen molar-refractivity contribution in [1.29, 1.82) is 0 Å². The number of benzene rings is 1. The smallest absolute Gasteiger partial charge is 0.229 e. The standard InChI is InChI=1S/C23H33FN4O/c1-2-22-26-23(29-27-22)18-7-9-20(10-8-18)25-15-17-11-13-28(14-12-17)16-19-5-3-4-6-21(19)24/h3-6,17-18,20,25H,2,7-16H2,1H3. The predicted molar refractivity (Wildman–Crippen MR) is 111 cm³/mol. The Balaban J connectivity index is 1.14. The van der Waals surface area contributed by atoms with E-state index < -0.39 is 0 Å². The Hall–Kier alpha value is -1.79. The number of aryl methyl sites for hydroxylation is 1. The summed E-state index contributed by atoms with van der Waals surface area (Å²) in [6.45, 7) is 6.00. The van der Waals surface area contributed by atoms with Crippen LogP contribution >= 0.6 is 0 Å². The molecule has 1 aliphatic heterocycles. The molecule has 5 nitrogen and oxygen atoms in total. The molecule has 29 heavy (non-hydrogen) atoms. The number of rotatable bonds is 7. The van der Waals surface area contributed by atoms with E-state index in [-0.39, 0.29) is 5.82 Å². The zero-order valence-corrected chi connectivity index (χ0v) is 17.4. The van der Waals surface area contributed by atoms with Crippen LogP contribution in [0.2, 0.25) is 0 Å². The van der Waals surface area contributed by atoms with Gasteiger partial charge in [0.1, 0.15) is 5.82 Å². The number of halogens is 1. The van der Waals surface area contributed by atoms with Gasteiger partial charge in [-0.15, -0.1) is 0 Å². The quantitative estimate of drug-likeness (QED) is 0.751. The maximum absolute atomic E-state index is 13.9. The second-order valence-corrected chi connectivity index (χ2v) is 8.67. The van der Waals surface area contributed by atoms with E-state index in [0.717, 1.165) is 68.6 Å². The lowest BCUT2D eigenvalue weighted by Gasteiger charge is -2.34. The summed E-state index contributed by atoms with van der Waals surface area (Å²) < 4.78 is 19.3. The highest BCUT2D eigenvalue weighted by atomic mass is 19.1. The van der Waals surface area contributed by atoms with Crippen LogP contribution in [0.1, 0.15) is 68.6 Å². The molecular weight excluding hydrogens is 367 g/mol. The lowest BCUT2D eigenvalue weighted by atomic mass is 9.85. The molecule has 0 atom stereocenters. The first-order chi connectivity index (χ1) is 14.2. The first-order valence-corrected chi connectivity index (χ1v) is 11.2. The maximum atomic E-state index is 13.9. The topological polar surface area (TPSA) is 54.2 Å². The molecule has 2 fully saturated rings. The fourth-order valence-corrected chi connectivity index (χ4v) is 4.67. The van der Waals surface area contributed by atoms with Gasteiger partial charge in [0.15, 0.2) is 5.82 Å². The van der Waals surface area contributed by atoms with E-state index in [1.54, 1.807) is 12.1 Å². The summed E-state index contributed by atoms with van der Waals surface area (Å²) in [5.74, 6) is 2.73. The van der Waals surface area contributed by atoms with Crippen molar-refractivity contribution >= 4 is 0 Å². The van der Waals surface area contributed by atoms with Crippen LogP contribution < -0.4 is 5.32 Å². The minimum atomic E-state index is -0.0849. The summed E-state index contributed by atoms with van der Waals surface area (Å²) in [6, 6.07) is 7.74. The van der Waals surface area contributed by atoms with E-state index >= 15 is 0 Å². The Bertz CT molecular complexity index is 764. The lowest BCUT2D eigenvalue weighted by molar-refractivity contribution is 0.168. The number of piperidine rings is 1. The van der Waals surface area contributed by atoms with E-state index in [1.165, 1.54) is 25.7 Å². The Morgan fingerprint density at radius 1 is 1.10 bits per heavy atom. The van der Waals surface area contributed by atoms with Gasteiger partial charge in [0.2, 0.25) is 5.89 Å². The van der Waals surface area contributed by atoms with Crippen molar-refractivity contribution in [3.63, 3.8) is 0 Å². The van der Waals surface area contributed by atoms with Gasteiger partial charge in [-0.05, 0) is 70.1 Å². The van der Waals surface area contributed by atoms with Crippen LogP contribution in [0.4, 0.5) is 4.39 Å². The minimum Gasteiger partial charge on any atom is -0.339 e. The maximum Gasteiger partial charge on any atom is 0.229 e. The highest BCUT2D eigenvalue weighted by Gasteiger charge is 2.27. The molecule has 1 aromatic heterocycles. The van der Waals surface area contributed by atoms with Crippen LogP contribution in [-0.4, -0.2) is 40.7 Å². The van der Waals surface area contributed by atoms with Crippen molar-refractivity contribution in [2.75, 3.05) is 19.6 Å². The third kappa shape index (κ3) is 5.43. The summed E-state index contributed by atoms with van der Waals surface area (Å²) in [5.41, 5.74) is 0.813. The minimum absolute atomic E-state index is 0.0849. The molecule has 2 aliphatic rings. The molecule has 1 aliphatic carbocycles. The van der Waals surface area contributed by atoms with E-state index in [0.29, 0.717) is 12.0 Å². The Morgan fingerprint density at radius 2 is 1.86 bits per heavy atom. The molecule has 0 radical (unpaired) electrons. The number of nitrogens with zero attached hydrogens (tertiary/aromatic N) is 3. The first-order valence-electron chi connectivity index (χ1n) is 11.2. The van der Waals surface area contributed by atoms with Crippen LogP contribution in [-0.2, 0) is 13.0 Å². The fourth-order valence-electron chi connectivity index (χ4n) is 4.67. The summed E-state index contributed by atoms with van der Waals surface area (Å²) in [4.78, 5) is 6.90. The Kier molecular flexibility index (Phi) is 6.93. The van der Waals surface area contributed by atoms with Crippen LogP contribution in [0.3, 0.4) is 0 Å². The van der Waals surface area contributed by atoms with Gasteiger partial charge in [-0.3, -0.25) is 4.90 Å². The van der Waals surface area contributed by atoms with Crippen molar-refractivity contribution in [1.82, 2.24) is 20.4 Å². The molecule has 0 spiro atoms. The van der Waals surface area contributed by atoms with Gasteiger partial charge in [-0.2, -0.15) is 4.98 Å². The molecule has 1 aromatic carbocycles. The summed E-state index contributed by atoms with van der Waals surface area (Å²) in [7, 11) is 0. The molecule has 4 rings (SSSR count). The number of hydrogen-bond donors (Lipinski definition) is 1. The van der Waals surface area contributed by atoms with Gasteiger partial charge in [0.05, 0.1) is 0 Å². The summed E-state index contributed by atoms with van der Waals surface area (Å²) >= 11 is 0. The molecule has 2 aromatic rings. The van der Waals surface area contributed by atoms with Crippen LogP contribution in [0, 0.1) is 11.7 Å². The molecule has 1 saturated heterocycles. The van der Waals surface area contributed by atoms with Gasteiger partial charge in [0, 0.05) is 30.5 Å². The van der Waals surface area contributed by atoms with Gasteiger partial charge in [-0.25, -0.2) is 4.39 Å². The average molecular weight is 401 g/mol. The Morgan fingerprint density at radius 3 is 2.55 bits per heavy atom. The highest BCUT2D eigenvalue weighted by Crippen LogP contribution is 2.32. The molecule has 6 heteroatoms. The first kappa shape index (κ1) is 20.5. The normalized spacial score (nSPS) is 24.1. The number of hydrogen-bond acceptors (Lipinski definition) is 5. The van der Waals surface area contributed by atoms with Gasteiger partial charge < -0.3 is 9.84 Å². The van der Waals surface area contributed by atoms with Gasteiger partial charge in [0.25, 0.3) is 0 Å². The van der Waals surface area contributed by atoms with Crippen molar-refractivity contribution in [3.8, 4) is 0 Å². The monoisotopic (exact) mass is 400 g/mol. The number of likely N-dealkylation sites (tertiary alicyclic amines) is 1. The molecule has 0 amide bonds. The predicted octanol–water partition coefficient (Wildman–Crippen LogP) is 4.30. The van der Waals surface area contributed by atoms with Crippen LogP contribution in [0.25, 0.3) is 0 Å². The van der Waals surface area contributed by atoms with Crippen molar-refractivity contribution < 1.29 is 8.91 Å². The zero-order valence-electron chi connectivity index (χ0n) is 17.4. The molecule has 0 bridgehead atoms. The van der Waals surface area contributed by atoms with Gasteiger partial charge in [-0.1, -0.05) is 30.3 Å². The van der Waals surface area contributed by atoms with Crippen molar-refractivity contribution in [2.24, 2.45) is 5.92 Å². The van der Waals surface area contributed by atoms with Gasteiger partial charge >= 0.3 is 0 Å². The van der Waals surface area contributed by atoms with Crippen LogP contribution in [0.15, 0.2) is 28.8 Å². The van der Waals surface area contributed by atoms with E-state index in [4.69, 9.17) is 4.52 Å².